The molecule has 0 bridgehead atoms. The predicted octanol–water partition coefficient (Wildman–Crippen LogP) is 1.66. The Morgan fingerprint density at radius 2 is 1.76 bits per heavy atom. The van der Waals surface area contributed by atoms with E-state index in [-0.39, 0.29) is 5.91 Å². The summed E-state index contributed by atoms with van der Waals surface area (Å²) >= 11 is 0. The van der Waals surface area contributed by atoms with Gasteiger partial charge in [0.1, 0.15) is 0 Å². The lowest BCUT2D eigenvalue weighted by molar-refractivity contribution is 0.0679. The molecule has 2 rings (SSSR count). The average molecular weight is 232 g/mol. The fourth-order valence-electron chi connectivity index (χ4n) is 2.41. The Labute approximate surface area is 103 Å². The zero-order valence-corrected chi connectivity index (χ0v) is 11.0. The number of hydrogen-bond donors (Lipinski definition) is 1. The number of hydrogen-bond acceptors (Lipinski definition) is 2. The number of carbonyl (C=O) groups is 1. The third-order valence-corrected chi connectivity index (χ3v) is 3.52. The number of likely N-dealkylation sites (N-methyl/N-ethyl adjacent to an activating group) is 1. The van der Waals surface area contributed by atoms with Crippen molar-refractivity contribution in [3.05, 3.63) is 34.4 Å². The van der Waals surface area contributed by atoms with E-state index < -0.39 is 0 Å². The minimum Gasteiger partial charge on any atom is -0.336 e. The predicted molar refractivity (Wildman–Crippen MR) is 69.4 cm³/mol. The number of nitrogens with zero attached hydrogens (tertiary/aromatic N) is 1. The summed E-state index contributed by atoms with van der Waals surface area (Å²) in [7, 11) is 1.90. The van der Waals surface area contributed by atoms with Crippen molar-refractivity contribution < 1.29 is 4.79 Å². The molecule has 3 heteroatoms. The van der Waals surface area contributed by atoms with E-state index >= 15 is 0 Å². The summed E-state index contributed by atoms with van der Waals surface area (Å²) in [5, 5.41) is 3.19. The van der Waals surface area contributed by atoms with Gasteiger partial charge in [0.05, 0.1) is 6.04 Å². The molecule has 3 nitrogen and oxygen atoms in total. The Hall–Kier alpha value is -1.35. The highest BCUT2D eigenvalue weighted by atomic mass is 16.2. The number of aryl methyl sites for hydroxylation is 3. The third kappa shape index (κ3) is 2.20. The summed E-state index contributed by atoms with van der Waals surface area (Å²) in [6.07, 6.45) is 0. The van der Waals surface area contributed by atoms with Crippen molar-refractivity contribution in [2.24, 2.45) is 0 Å². The van der Waals surface area contributed by atoms with Crippen molar-refractivity contribution >= 4 is 5.91 Å². The highest BCUT2D eigenvalue weighted by molar-refractivity contribution is 5.97. The molecule has 1 aliphatic heterocycles. The Balaban J connectivity index is 2.30. The fraction of sp³-hybridized carbons (Fsp3) is 0.500. The normalized spacial score (nSPS) is 15.5. The van der Waals surface area contributed by atoms with Crippen molar-refractivity contribution in [2.45, 2.75) is 26.8 Å². The molecule has 1 N–H and O–H groups in total. The average Bonchev–Trinajstić information content (AvgIpc) is 2.12. The number of benzene rings is 1. The quantitative estimate of drug-likeness (QED) is 0.841. The molecule has 1 aromatic carbocycles. The molecule has 1 heterocycles. The van der Waals surface area contributed by atoms with Gasteiger partial charge in [-0.3, -0.25) is 4.79 Å². The lowest BCUT2D eigenvalue weighted by Crippen LogP contribution is -2.57. The first-order valence-corrected chi connectivity index (χ1v) is 6.06. The van der Waals surface area contributed by atoms with Gasteiger partial charge in [-0.2, -0.15) is 0 Å². The summed E-state index contributed by atoms with van der Waals surface area (Å²) in [5.74, 6) is 0.145. The molecule has 0 saturated carbocycles. The Morgan fingerprint density at radius 1 is 1.24 bits per heavy atom. The summed E-state index contributed by atoms with van der Waals surface area (Å²) in [6, 6.07) is 4.50. The van der Waals surface area contributed by atoms with E-state index in [1.807, 2.05) is 25.8 Å². The van der Waals surface area contributed by atoms with Gasteiger partial charge in [0.15, 0.2) is 0 Å². The molecule has 0 atom stereocenters. The van der Waals surface area contributed by atoms with Gasteiger partial charge < -0.3 is 10.2 Å². The molecule has 0 radical (unpaired) electrons. The molecule has 1 aliphatic rings. The molecule has 1 aromatic rings. The molecule has 0 unspecified atom stereocenters. The first-order valence-electron chi connectivity index (χ1n) is 6.06. The molecule has 1 saturated heterocycles. The molecule has 92 valence electrons. The summed E-state index contributed by atoms with van der Waals surface area (Å²) in [4.78, 5) is 14.3. The zero-order chi connectivity index (χ0) is 12.6. The molecular formula is C14H20N2O. The van der Waals surface area contributed by atoms with Crippen LogP contribution in [0, 0.1) is 20.8 Å². The fourth-order valence-corrected chi connectivity index (χ4v) is 2.41. The molecular weight excluding hydrogens is 212 g/mol. The van der Waals surface area contributed by atoms with Gasteiger partial charge in [-0.15, -0.1) is 0 Å². The van der Waals surface area contributed by atoms with Crippen LogP contribution in [0.4, 0.5) is 0 Å². The van der Waals surface area contributed by atoms with Gasteiger partial charge >= 0.3 is 0 Å². The number of carbonyl (C=O) groups excluding carboxylic acids is 1. The van der Waals surface area contributed by atoms with Gasteiger partial charge in [-0.1, -0.05) is 17.7 Å². The van der Waals surface area contributed by atoms with E-state index in [1.54, 1.807) is 0 Å². The van der Waals surface area contributed by atoms with Crippen LogP contribution in [0.2, 0.25) is 0 Å². The van der Waals surface area contributed by atoms with E-state index in [0.29, 0.717) is 6.04 Å². The van der Waals surface area contributed by atoms with Crippen LogP contribution in [0.5, 0.6) is 0 Å². The van der Waals surface area contributed by atoms with Crippen LogP contribution in [0.1, 0.15) is 27.0 Å². The van der Waals surface area contributed by atoms with E-state index in [9.17, 15) is 4.79 Å². The van der Waals surface area contributed by atoms with Crippen LogP contribution in [-0.4, -0.2) is 37.0 Å². The van der Waals surface area contributed by atoms with Crippen LogP contribution in [0.25, 0.3) is 0 Å². The maximum Gasteiger partial charge on any atom is 0.254 e. The second-order valence-electron chi connectivity index (χ2n) is 5.00. The Kier molecular flexibility index (Phi) is 3.20. The molecule has 1 amide bonds. The molecule has 0 aliphatic carbocycles. The first kappa shape index (κ1) is 12.1. The number of nitrogens with one attached hydrogen (secondary N) is 1. The van der Waals surface area contributed by atoms with E-state index in [1.165, 1.54) is 5.56 Å². The third-order valence-electron chi connectivity index (χ3n) is 3.52. The Bertz CT molecular complexity index is 427. The maximum atomic E-state index is 12.4. The van der Waals surface area contributed by atoms with E-state index in [0.717, 1.165) is 29.8 Å². The van der Waals surface area contributed by atoms with Crippen molar-refractivity contribution in [3.63, 3.8) is 0 Å². The molecule has 17 heavy (non-hydrogen) atoms. The maximum absolute atomic E-state index is 12.4. The Morgan fingerprint density at radius 3 is 2.18 bits per heavy atom. The van der Waals surface area contributed by atoms with Gasteiger partial charge in [0.25, 0.3) is 5.91 Å². The van der Waals surface area contributed by atoms with Crippen LogP contribution in [0.15, 0.2) is 12.1 Å². The van der Waals surface area contributed by atoms with Crippen molar-refractivity contribution in [1.29, 1.82) is 0 Å². The smallest absolute Gasteiger partial charge is 0.254 e. The van der Waals surface area contributed by atoms with Crippen molar-refractivity contribution in [1.82, 2.24) is 10.2 Å². The molecule has 0 aromatic heterocycles. The molecule has 0 spiro atoms. The number of rotatable bonds is 2. The van der Waals surface area contributed by atoms with E-state index in [2.05, 4.69) is 24.4 Å². The SMILES string of the molecule is Cc1cc(C)c(C(=O)N(C)C2CNC2)c(C)c1. The van der Waals surface area contributed by atoms with Gasteiger partial charge in [-0.25, -0.2) is 0 Å². The molecule has 1 fully saturated rings. The summed E-state index contributed by atoms with van der Waals surface area (Å²) in [5.41, 5.74) is 4.23. The van der Waals surface area contributed by atoms with Crippen LogP contribution >= 0.6 is 0 Å². The van der Waals surface area contributed by atoms with Gasteiger partial charge in [0.2, 0.25) is 0 Å². The first-order chi connectivity index (χ1) is 8.00. The monoisotopic (exact) mass is 232 g/mol. The van der Waals surface area contributed by atoms with Gasteiger partial charge in [-0.05, 0) is 31.9 Å². The van der Waals surface area contributed by atoms with Crippen molar-refractivity contribution in [2.75, 3.05) is 20.1 Å². The zero-order valence-electron chi connectivity index (χ0n) is 11.0. The highest BCUT2D eigenvalue weighted by Gasteiger charge is 2.27. The largest absolute Gasteiger partial charge is 0.336 e. The minimum atomic E-state index is 0.145. The number of amides is 1. The van der Waals surface area contributed by atoms with Crippen LogP contribution in [0.3, 0.4) is 0 Å². The van der Waals surface area contributed by atoms with Crippen LogP contribution < -0.4 is 5.32 Å². The summed E-state index contributed by atoms with van der Waals surface area (Å²) in [6.45, 7) is 7.91. The summed E-state index contributed by atoms with van der Waals surface area (Å²) < 4.78 is 0. The minimum absolute atomic E-state index is 0.145. The lowest BCUT2D eigenvalue weighted by atomic mass is 9.98. The second-order valence-corrected chi connectivity index (χ2v) is 5.00. The standard InChI is InChI=1S/C14H20N2O/c1-9-5-10(2)13(11(3)6-9)14(17)16(4)12-7-15-8-12/h5-6,12,15H,7-8H2,1-4H3. The van der Waals surface area contributed by atoms with Crippen molar-refractivity contribution in [3.8, 4) is 0 Å². The lowest BCUT2D eigenvalue weighted by Gasteiger charge is -2.36. The topological polar surface area (TPSA) is 32.3 Å². The van der Waals surface area contributed by atoms with Gasteiger partial charge in [0, 0.05) is 25.7 Å². The highest BCUT2D eigenvalue weighted by Crippen LogP contribution is 2.19. The second kappa shape index (κ2) is 4.49. The van der Waals surface area contributed by atoms with Crippen LogP contribution in [-0.2, 0) is 0 Å². The van der Waals surface area contributed by atoms with E-state index in [4.69, 9.17) is 0 Å².